The summed E-state index contributed by atoms with van der Waals surface area (Å²) in [5.41, 5.74) is 0. The van der Waals surface area contributed by atoms with E-state index in [9.17, 15) is 5.26 Å². The fourth-order valence-electron chi connectivity index (χ4n) is 2.53. The van der Waals surface area contributed by atoms with Crippen LogP contribution in [0.4, 0.5) is 0 Å². The molecule has 2 rings (SSSR count). The van der Waals surface area contributed by atoms with Gasteiger partial charge in [0.25, 0.3) is 0 Å². The summed E-state index contributed by atoms with van der Waals surface area (Å²) >= 11 is 1.89. The number of nitriles is 1. The van der Waals surface area contributed by atoms with Crippen LogP contribution in [0.1, 0.15) is 32.6 Å². The molecule has 17 heavy (non-hydrogen) atoms. The Labute approximate surface area is 108 Å². The van der Waals surface area contributed by atoms with E-state index in [2.05, 4.69) is 37.3 Å². The predicted molar refractivity (Wildman–Crippen MR) is 72.8 cm³/mol. The minimum Gasteiger partial charge on any atom is -0.198 e. The van der Waals surface area contributed by atoms with E-state index in [1.807, 2.05) is 17.8 Å². The molecule has 0 spiro atoms. The molecule has 0 amide bonds. The van der Waals surface area contributed by atoms with E-state index >= 15 is 0 Å². The summed E-state index contributed by atoms with van der Waals surface area (Å²) < 4.78 is 0. The van der Waals surface area contributed by atoms with Crippen molar-refractivity contribution in [2.24, 2.45) is 11.8 Å². The van der Waals surface area contributed by atoms with E-state index in [0.717, 1.165) is 12.3 Å². The van der Waals surface area contributed by atoms with Crippen molar-refractivity contribution in [3.8, 4) is 6.07 Å². The maximum atomic E-state index is 9.24. The van der Waals surface area contributed by atoms with Crippen molar-refractivity contribution in [2.45, 2.75) is 42.8 Å². The van der Waals surface area contributed by atoms with Gasteiger partial charge < -0.3 is 0 Å². The highest BCUT2D eigenvalue weighted by Crippen LogP contribution is 2.40. The van der Waals surface area contributed by atoms with Gasteiger partial charge in [0.15, 0.2) is 0 Å². The second-order valence-corrected chi connectivity index (χ2v) is 6.10. The van der Waals surface area contributed by atoms with E-state index in [0.29, 0.717) is 5.25 Å². The molecule has 0 heterocycles. The van der Waals surface area contributed by atoms with Gasteiger partial charge in [0, 0.05) is 10.1 Å². The molecule has 1 aromatic rings. The van der Waals surface area contributed by atoms with Gasteiger partial charge >= 0.3 is 0 Å². The molecular weight excluding hydrogens is 226 g/mol. The van der Waals surface area contributed by atoms with Crippen LogP contribution >= 0.6 is 11.8 Å². The molecule has 0 aromatic heterocycles. The molecule has 1 aliphatic rings. The van der Waals surface area contributed by atoms with E-state index in [1.165, 1.54) is 24.2 Å². The average molecular weight is 245 g/mol. The monoisotopic (exact) mass is 245 g/mol. The third-order valence-electron chi connectivity index (χ3n) is 3.67. The molecule has 3 unspecified atom stereocenters. The molecule has 0 aliphatic heterocycles. The Morgan fingerprint density at radius 1 is 1.29 bits per heavy atom. The van der Waals surface area contributed by atoms with Gasteiger partial charge in [-0.2, -0.15) is 5.26 Å². The molecule has 0 N–H and O–H groups in total. The van der Waals surface area contributed by atoms with Crippen LogP contribution in [-0.4, -0.2) is 5.25 Å². The van der Waals surface area contributed by atoms with Gasteiger partial charge in [-0.05, 0) is 37.3 Å². The molecule has 1 fully saturated rings. The lowest BCUT2D eigenvalue weighted by Gasteiger charge is -2.31. The number of rotatable bonds is 3. The van der Waals surface area contributed by atoms with Crippen LogP contribution in [0.2, 0.25) is 0 Å². The number of thioether (sulfide) groups is 1. The lowest BCUT2D eigenvalue weighted by Crippen LogP contribution is -2.25. The molecule has 2 heteroatoms. The molecule has 1 nitrogen and oxygen atoms in total. The predicted octanol–water partition coefficient (Wildman–Crippen LogP) is 4.50. The lowest BCUT2D eigenvalue weighted by molar-refractivity contribution is 0.317. The Bertz CT molecular complexity index is 382. The first-order chi connectivity index (χ1) is 8.33. The highest BCUT2D eigenvalue weighted by atomic mass is 32.2. The van der Waals surface area contributed by atoms with Crippen molar-refractivity contribution in [1.29, 1.82) is 5.26 Å². The maximum absolute atomic E-state index is 9.24. The Kier molecular flexibility index (Phi) is 4.50. The summed E-state index contributed by atoms with van der Waals surface area (Å²) in [6.45, 7) is 2.27. The van der Waals surface area contributed by atoms with Crippen LogP contribution in [0.5, 0.6) is 0 Å². The molecule has 0 bridgehead atoms. The standard InChI is InChI=1S/C15H19NS/c1-2-12-8-9-13(11-16)15(10-12)17-14-6-4-3-5-7-14/h3-7,12-13,15H,2,8-10H2,1H3. The molecule has 0 saturated heterocycles. The van der Waals surface area contributed by atoms with Gasteiger partial charge in [-0.1, -0.05) is 31.5 Å². The van der Waals surface area contributed by atoms with E-state index in [1.54, 1.807) is 0 Å². The van der Waals surface area contributed by atoms with Gasteiger partial charge in [0.1, 0.15) is 0 Å². The first kappa shape index (κ1) is 12.5. The van der Waals surface area contributed by atoms with Crippen molar-refractivity contribution in [3.05, 3.63) is 30.3 Å². The van der Waals surface area contributed by atoms with Gasteiger partial charge in [0.05, 0.1) is 12.0 Å². The highest BCUT2D eigenvalue weighted by molar-refractivity contribution is 8.00. The van der Waals surface area contributed by atoms with Crippen molar-refractivity contribution in [1.82, 2.24) is 0 Å². The van der Waals surface area contributed by atoms with Crippen molar-refractivity contribution in [2.75, 3.05) is 0 Å². The largest absolute Gasteiger partial charge is 0.198 e. The number of hydrogen-bond donors (Lipinski definition) is 0. The van der Waals surface area contributed by atoms with E-state index in [4.69, 9.17) is 0 Å². The van der Waals surface area contributed by atoms with Gasteiger partial charge in [-0.3, -0.25) is 0 Å². The van der Waals surface area contributed by atoms with Crippen molar-refractivity contribution < 1.29 is 0 Å². The van der Waals surface area contributed by atoms with Gasteiger partial charge in [-0.15, -0.1) is 11.8 Å². The molecule has 3 atom stereocenters. The van der Waals surface area contributed by atoms with Crippen LogP contribution < -0.4 is 0 Å². The zero-order valence-corrected chi connectivity index (χ0v) is 11.1. The van der Waals surface area contributed by atoms with Crippen LogP contribution in [0, 0.1) is 23.2 Å². The van der Waals surface area contributed by atoms with Gasteiger partial charge in [0.2, 0.25) is 0 Å². The van der Waals surface area contributed by atoms with Crippen LogP contribution in [-0.2, 0) is 0 Å². The second-order valence-electron chi connectivity index (χ2n) is 4.79. The van der Waals surface area contributed by atoms with Gasteiger partial charge in [-0.25, -0.2) is 0 Å². The van der Waals surface area contributed by atoms with Crippen LogP contribution in [0.25, 0.3) is 0 Å². The molecule has 1 aromatic carbocycles. The molecule has 1 saturated carbocycles. The minimum absolute atomic E-state index is 0.239. The van der Waals surface area contributed by atoms with Crippen LogP contribution in [0.3, 0.4) is 0 Å². The zero-order chi connectivity index (χ0) is 12.1. The molecular formula is C15H19NS. The van der Waals surface area contributed by atoms with E-state index < -0.39 is 0 Å². The summed E-state index contributed by atoms with van der Waals surface area (Å²) in [6, 6.07) is 13.0. The fraction of sp³-hybridized carbons (Fsp3) is 0.533. The fourth-order valence-corrected chi connectivity index (χ4v) is 3.93. The molecule has 1 aliphatic carbocycles. The maximum Gasteiger partial charge on any atom is 0.0667 e. The third-order valence-corrected chi connectivity index (χ3v) is 5.04. The molecule has 90 valence electrons. The van der Waals surface area contributed by atoms with Crippen molar-refractivity contribution in [3.63, 3.8) is 0 Å². The Morgan fingerprint density at radius 3 is 2.71 bits per heavy atom. The first-order valence-electron chi connectivity index (χ1n) is 6.44. The summed E-state index contributed by atoms with van der Waals surface area (Å²) in [6.07, 6.45) is 4.78. The Hall–Kier alpha value is -0.940. The third kappa shape index (κ3) is 3.26. The smallest absolute Gasteiger partial charge is 0.0667 e. The average Bonchev–Trinajstić information content (AvgIpc) is 2.40. The normalized spacial score (nSPS) is 28.6. The highest BCUT2D eigenvalue weighted by Gasteiger charge is 2.30. The Morgan fingerprint density at radius 2 is 2.06 bits per heavy atom. The number of hydrogen-bond acceptors (Lipinski definition) is 2. The zero-order valence-electron chi connectivity index (χ0n) is 10.3. The van der Waals surface area contributed by atoms with Crippen LogP contribution in [0.15, 0.2) is 35.2 Å². The summed E-state index contributed by atoms with van der Waals surface area (Å²) in [5.74, 6) is 1.06. The number of nitrogens with zero attached hydrogens (tertiary/aromatic N) is 1. The summed E-state index contributed by atoms with van der Waals surface area (Å²) in [4.78, 5) is 1.30. The SMILES string of the molecule is CCC1CCC(C#N)C(Sc2ccccc2)C1. The summed E-state index contributed by atoms with van der Waals surface area (Å²) in [5, 5.41) is 9.72. The topological polar surface area (TPSA) is 23.8 Å². The second kappa shape index (κ2) is 6.12. The minimum atomic E-state index is 0.239. The summed E-state index contributed by atoms with van der Waals surface area (Å²) in [7, 11) is 0. The van der Waals surface area contributed by atoms with Crippen molar-refractivity contribution >= 4 is 11.8 Å². The number of benzene rings is 1. The Balaban J connectivity index is 2.03. The van der Waals surface area contributed by atoms with E-state index in [-0.39, 0.29) is 5.92 Å². The molecule has 0 radical (unpaired) electrons. The first-order valence-corrected chi connectivity index (χ1v) is 7.32. The quantitative estimate of drug-likeness (QED) is 0.783. The lowest BCUT2D eigenvalue weighted by atomic mass is 9.81.